The predicted molar refractivity (Wildman–Crippen MR) is 82.7 cm³/mol. The summed E-state index contributed by atoms with van der Waals surface area (Å²) in [6.07, 6.45) is 7.40. The maximum atomic E-state index is 4.56. The van der Waals surface area contributed by atoms with Crippen LogP contribution in [0.2, 0.25) is 0 Å². The van der Waals surface area contributed by atoms with Gasteiger partial charge in [-0.05, 0) is 66.8 Å². The second-order valence-electron chi connectivity index (χ2n) is 5.78. The van der Waals surface area contributed by atoms with Crippen molar-refractivity contribution in [3.8, 4) is 0 Å². The Morgan fingerprint density at radius 3 is 2.74 bits per heavy atom. The van der Waals surface area contributed by atoms with E-state index in [-0.39, 0.29) is 0 Å². The zero-order chi connectivity index (χ0) is 13.2. The lowest BCUT2D eigenvalue weighted by Gasteiger charge is -2.32. The summed E-state index contributed by atoms with van der Waals surface area (Å²) < 4.78 is 1.10. The van der Waals surface area contributed by atoms with Crippen LogP contribution in [0, 0.1) is 6.92 Å². The first-order valence-electron chi connectivity index (χ1n) is 7.35. The number of anilines is 1. The molecular formula is C15H22BrN3. The van der Waals surface area contributed by atoms with E-state index >= 15 is 0 Å². The Morgan fingerprint density at radius 2 is 2.00 bits per heavy atom. The Hall–Kier alpha value is -0.610. The van der Waals surface area contributed by atoms with Gasteiger partial charge in [-0.1, -0.05) is 6.42 Å². The molecule has 19 heavy (non-hydrogen) atoms. The summed E-state index contributed by atoms with van der Waals surface area (Å²) in [6, 6.07) is 2.94. The van der Waals surface area contributed by atoms with E-state index in [9.17, 15) is 0 Å². The molecule has 0 radical (unpaired) electrons. The summed E-state index contributed by atoms with van der Waals surface area (Å²) in [5.74, 6) is 1.14. The minimum atomic E-state index is 0.742. The molecule has 0 aromatic carbocycles. The van der Waals surface area contributed by atoms with E-state index in [1.165, 1.54) is 44.3 Å². The van der Waals surface area contributed by atoms with Gasteiger partial charge in [0, 0.05) is 29.8 Å². The fourth-order valence-electron chi connectivity index (χ4n) is 3.23. The standard InChI is InChI=1S/C15H22BrN3/c1-12-9-15(17-10-14(12)16)19-8-5-13(11-19)18-6-3-2-4-7-18/h9-10,13H,2-8,11H2,1H3. The van der Waals surface area contributed by atoms with Gasteiger partial charge >= 0.3 is 0 Å². The van der Waals surface area contributed by atoms with E-state index in [1.807, 2.05) is 6.20 Å². The first-order valence-corrected chi connectivity index (χ1v) is 8.14. The zero-order valence-corrected chi connectivity index (χ0v) is 13.2. The second-order valence-corrected chi connectivity index (χ2v) is 6.63. The van der Waals surface area contributed by atoms with Crippen molar-refractivity contribution in [3.63, 3.8) is 0 Å². The van der Waals surface area contributed by atoms with Gasteiger partial charge in [0.2, 0.25) is 0 Å². The third-order valence-electron chi connectivity index (χ3n) is 4.43. The normalized spacial score (nSPS) is 24.9. The van der Waals surface area contributed by atoms with Crippen molar-refractivity contribution in [1.82, 2.24) is 9.88 Å². The number of hydrogen-bond donors (Lipinski definition) is 0. The molecular weight excluding hydrogens is 302 g/mol. The van der Waals surface area contributed by atoms with E-state index in [2.05, 4.69) is 43.7 Å². The molecule has 0 bridgehead atoms. The van der Waals surface area contributed by atoms with Crippen molar-refractivity contribution in [2.75, 3.05) is 31.1 Å². The summed E-state index contributed by atoms with van der Waals surface area (Å²) in [5, 5.41) is 0. The lowest BCUT2D eigenvalue weighted by Crippen LogP contribution is -2.40. The number of piperidine rings is 1. The molecule has 1 aromatic heterocycles. The van der Waals surface area contributed by atoms with Crippen molar-refractivity contribution in [2.24, 2.45) is 0 Å². The lowest BCUT2D eigenvalue weighted by molar-refractivity contribution is 0.175. The minimum Gasteiger partial charge on any atom is -0.355 e. The summed E-state index contributed by atoms with van der Waals surface area (Å²) in [7, 11) is 0. The van der Waals surface area contributed by atoms with Crippen LogP contribution in [0.3, 0.4) is 0 Å². The Morgan fingerprint density at radius 1 is 1.21 bits per heavy atom. The maximum absolute atomic E-state index is 4.56. The van der Waals surface area contributed by atoms with Crippen LogP contribution in [0.5, 0.6) is 0 Å². The van der Waals surface area contributed by atoms with Gasteiger partial charge in [0.05, 0.1) is 0 Å². The van der Waals surface area contributed by atoms with Crippen LogP contribution in [0.4, 0.5) is 5.82 Å². The molecule has 1 atom stereocenters. The smallest absolute Gasteiger partial charge is 0.128 e. The Balaban J connectivity index is 1.66. The van der Waals surface area contributed by atoms with Crippen molar-refractivity contribution in [2.45, 2.75) is 38.6 Å². The summed E-state index contributed by atoms with van der Waals surface area (Å²) in [5.41, 5.74) is 1.27. The van der Waals surface area contributed by atoms with Crippen LogP contribution >= 0.6 is 15.9 Å². The predicted octanol–water partition coefficient (Wildman–Crippen LogP) is 3.22. The molecule has 3 heterocycles. The Kier molecular flexibility index (Phi) is 4.08. The quantitative estimate of drug-likeness (QED) is 0.833. The van der Waals surface area contributed by atoms with Crippen molar-refractivity contribution < 1.29 is 0 Å². The van der Waals surface area contributed by atoms with Crippen LogP contribution in [0.25, 0.3) is 0 Å². The largest absolute Gasteiger partial charge is 0.355 e. The highest BCUT2D eigenvalue weighted by molar-refractivity contribution is 9.10. The molecule has 0 N–H and O–H groups in total. The summed E-state index contributed by atoms with van der Waals surface area (Å²) in [4.78, 5) is 9.69. The first kappa shape index (κ1) is 13.4. The van der Waals surface area contributed by atoms with Gasteiger partial charge in [-0.3, -0.25) is 4.90 Å². The van der Waals surface area contributed by atoms with Gasteiger partial charge in [0.1, 0.15) is 5.82 Å². The lowest BCUT2D eigenvalue weighted by atomic mass is 10.1. The van der Waals surface area contributed by atoms with Crippen LogP contribution in [0.15, 0.2) is 16.7 Å². The van der Waals surface area contributed by atoms with Crippen LogP contribution in [0.1, 0.15) is 31.2 Å². The van der Waals surface area contributed by atoms with Gasteiger partial charge in [0.15, 0.2) is 0 Å². The molecule has 2 fully saturated rings. The highest BCUT2D eigenvalue weighted by Crippen LogP contribution is 2.26. The highest BCUT2D eigenvalue weighted by atomic mass is 79.9. The van der Waals surface area contributed by atoms with Gasteiger partial charge in [-0.2, -0.15) is 0 Å². The number of pyridine rings is 1. The molecule has 0 amide bonds. The minimum absolute atomic E-state index is 0.742. The van der Waals surface area contributed by atoms with E-state index in [0.717, 1.165) is 29.4 Å². The molecule has 1 unspecified atom stereocenters. The molecule has 0 aliphatic carbocycles. The number of nitrogens with zero attached hydrogens (tertiary/aromatic N) is 3. The third-order valence-corrected chi connectivity index (χ3v) is 5.26. The number of likely N-dealkylation sites (tertiary alicyclic amines) is 1. The molecule has 3 rings (SSSR count). The SMILES string of the molecule is Cc1cc(N2CCC(N3CCCCC3)C2)ncc1Br. The third kappa shape index (κ3) is 2.95. The monoisotopic (exact) mass is 323 g/mol. The molecule has 1 aromatic rings. The van der Waals surface area contributed by atoms with Gasteiger partial charge in [0.25, 0.3) is 0 Å². The molecule has 2 saturated heterocycles. The average Bonchev–Trinajstić information content (AvgIpc) is 2.93. The van der Waals surface area contributed by atoms with Crippen molar-refractivity contribution >= 4 is 21.7 Å². The van der Waals surface area contributed by atoms with Crippen molar-refractivity contribution in [3.05, 3.63) is 22.3 Å². The van der Waals surface area contributed by atoms with Crippen LogP contribution in [-0.2, 0) is 0 Å². The molecule has 0 saturated carbocycles. The number of rotatable bonds is 2. The molecule has 4 heteroatoms. The van der Waals surface area contributed by atoms with Gasteiger partial charge in [-0.25, -0.2) is 4.98 Å². The van der Waals surface area contributed by atoms with E-state index in [4.69, 9.17) is 0 Å². The zero-order valence-electron chi connectivity index (χ0n) is 11.6. The second kappa shape index (κ2) is 5.80. The van der Waals surface area contributed by atoms with E-state index < -0.39 is 0 Å². The number of aryl methyl sites for hydroxylation is 1. The molecule has 104 valence electrons. The molecule has 2 aliphatic rings. The van der Waals surface area contributed by atoms with E-state index in [0.29, 0.717) is 0 Å². The number of halogens is 1. The fourth-order valence-corrected chi connectivity index (χ4v) is 3.45. The summed E-state index contributed by atoms with van der Waals surface area (Å²) in [6.45, 7) is 7.02. The van der Waals surface area contributed by atoms with Crippen LogP contribution in [-0.4, -0.2) is 42.1 Å². The molecule has 0 spiro atoms. The Labute approximate surface area is 124 Å². The molecule has 3 nitrogen and oxygen atoms in total. The Bertz CT molecular complexity index is 443. The topological polar surface area (TPSA) is 19.4 Å². The average molecular weight is 324 g/mol. The van der Waals surface area contributed by atoms with Gasteiger partial charge in [-0.15, -0.1) is 0 Å². The maximum Gasteiger partial charge on any atom is 0.128 e. The highest BCUT2D eigenvalue weighted by Gasteiger charge is 2.29. The number of aromatic nitrogens is 1. The number of hydrogen-bond acceptors (Lipinski definition) is 3. The molecule has 2 aliphatic heterocycles. The van der Waals surface area contributed by atoms with Crippen molar-refractivity contribution in [1.29, 1.82) is 0 Å². The van der Waals surface area contributed by atoms with Gasteiger partial charge < -0.3 is 4.90 Å². The summed E-state index contributed by atoms with van der Waals surface area (Å²) >= 11 is 3.52. The van der Waals surface area contributed by atoms with E-state index in [1.54, 1.807) is 0 Å². The fraction of sp³-hybridized carbons (Fsp3) is 0.667. The first-order chi connectivity index (χ1) is 9.24. The van der Waals surface area contributed by atoms with Crippen LogP contribution < -0.4 is 4.90 Å².